The molecule has 1 rings (SSSR count). The van der Waals surface area contributed by atoms with E-state index in [9.17, 15) is 4.79 Å². The maximum Gasteiger partial charge on any atom is 0.224 e. The Kier molecular flexibility index (Phi) is 5.16. The molecule has 0 aliphatic rings. The molecule has 0 heterocycles. The standard InChI is InChI=1S/C14H22N2O2/c1-14(2,13(15)17)10-16-9-8-11-4-6-12(18-3)7-5-11/h4-7,16H,8-10H2,1-3H3,(H2,15,17). The Labute approximate surface area is 109 Å². The van der Waals surface area contributed by atoms with Crippen LogP contribution in [0.25, 0.3) is 0 Å². The van der Waals surface area contributed by atoms with Gasteiger partial charge < -0.3 is 15.8 Å². The van der Waals surface area contributed by atoms with Gasteiger partial charge in [-0.25, -0.2) is 0 Å². The highest BCUT2D eigenvalue weighted by atomic mass is 16.5. The molecular formula is C14H22N2O2. The summed E-state index contributed by atoms with van der Waals surface area (Å²) in [6.45, 7) is 5.10. The molecule has 0 aliphatic heterocycles. The van der Waals surface area contributed by atoms with Crippen molar-refractivity contribution in [3.8, 4) is 5.75 Å². The zero-order chi connectivity index (χ0) is 13.6. The molecule has 100 valence electrons. The fourth-order valence-corrected chi connectivity index (χ4v) is 1.51. The average molecular weight is 250 g/mol. The Morgan fingerprint density at radius 2 is 1.94 bits per heavy atom. The van der Waals surface area contributed by atoms with E-state index in [0.717, 1.165) is 18.7 Å². The van der Waals surface area contributed by atoms with Crippen molar-refractivity contribution >= 4 is 5.91 Å². The van der Waals surface area contributed by atoms with Crippen molar-refractivity contribution < 1.29 is 9.53 Å². The van der Waals surface area contributed by atoms with Gasteiger partial charge >= 0.3 is 0 Å². The number of hydrogen-bond acceptors (Lipinski definition) is 3. The Morgan fingerprint density at radius 3 is 2.44 bits per heavy atom. The van der Waals surface area contributed by atoms with E-state index in [0.29, 0.717) is 6.54 Å². The van der Waals surface area contributed by atoms with Gasteiger partial charge in [0.1, 0.15) is 5.75 Å². The fourth-order valence-electron chi connectivity index (χ4n) is 1.51. The van der Waals surface area contributed by atoms with E-state index in [1.54, 1.807) is 7.11 Å². The molecule has 0 atom stereocenters. The molecule has 0 aliphatic carbocycles. The molecule has 1 amide bonds. The minimum atomic E-state index is -0.500. The van der Waals surface area contributed by atoms with Crippen LogP contribution in [0.1, 0.15) is 19.4 Å². The van der Waals surface area contributed by atoms with Crippen LogP contribution in [0, 0.1) is 5.41 Å². The molecule has 0 saturated carbocycles. The third-order valence-corrected chi connectivity index (χ3v) is 2.98. The predicted molar refractivity (Wildman–Crippen MR) is 72.5 cm³/mol. The minimum absolute atomic E-state index is 0.278. The lowest BCUT2D eigenvalue weighted by molar-refractivity contribution is -0.125. The number of amides is 1. The minimum Gasteiger partial charge on any atom is -0.497 e. The van der Waals surface area contributed by atoms with Crippen LogP contribution in [0.15, 0.2) is 24.3 Å². The van der Waals surface area contributed by atoms with Gasteiger partial charge in [0.25, 0.3) is 0 Å². The summed E-state index contributed by atoms with van der Waals surface area (Å²) in [7, 11) is 1.66. The molecule has 0 spiro atoms. The van der Waals surface area contributed by atoms with Crippen molar-refractivity contribution in [3.05, 3.63) is 29.8 Å². The zero-order valence-corrected chi connectivity index (χ0v) is 11.3. The van der Waals surface area contributed by atoms with E-state index >= 15 is 0 Å². The van der Waals surface area contributed by atoms with Gasteiger partial charge in [0.15, 0.2) is 0 Å². The number of methoxy groups -OCH3 is 1. The summed E-state index contributed by atoms with van der Waals surface area (Å²) in [5.74, 6) is 0.584. The molecule has 3 N–H and O–H groups in total. The maximum atomic E-state index is 11.1. The van der Waals surface area contributed by atoms with E-state index in [2.05, 4.69) is 5.32 Å². The van der Waals surface area contributed by atoms with Crippen LogP contribution < -0.4 is 15.8 Å². The van der Waals surface area contributed by atoms with Crippen LogP contribution >= 0.6 is 0 Å². The first-order valence-electron chi connectivity index (χ1n) is 6.09. The third-order valence-electron chi connectivity index (χ3n) is 2.98. The Morgan fingerprint density at radius 1 is 1.33 bits per heavy atom. The van der Waals surface area contributed by atoms with Crippen molar-refractivity contribution in [2.75, 3.05) is 20.2 Å². The quantitative estimate of drug-likeness (QED) is 0.718. The first-order chi connectivity index (χ1) is 8.45. The molecule has 0 radical (unpaired) electrons. The number of hydrogen-bond donors (Lipinski definition) is 2. The first-order valence-corrected chi connectivity index (χ1v) is 6.09. The van der Waals surface area contributed by atoms with Crippen LogP contribution in [-0.4, -0.2) is 26.1 Å². The summed E-state index contributed by atoms with van der Waals surface area (Å²) >= 11 is 0. The van der Waals surface area contributed by atoms with E-state index < -0.39 is 5.41 Å². The van der Waals surface area contributed by atoms with Gasteiger partial charge in [-0.2, -0.15) is 0 Å². The normalized spacial score (nSPS) is 11.3. The predicted octanol–water partition coefficient (Wildman–Crippen LogP) is 1.34. The summed E-state index contributed by atoms with van der Waals surface area (Å²) < 4.78 is 5.10. The zero-order valence-electron chi connectivity index (χ0n) is 11.3. The number of carbonyl (C=O) groups is 1. The number of benzene rings is 1. The van der Waals surface area contributed by atoms with Crippen LogP contribution in [0.4, 0.5) is 0 Å². The van der Waals surface area contributed by atoms with Crippen molar-refractivity contribution in [1.82, 2.24) is 5.32 Å². The number of primary amides is 1. The number of nitrogens with one attached hydrogen (secondary N) is 1. The Balaban J connectivity index is 2.31. The Bertz CT molecular complexity index is 385. The highest BCUT2D eigenvalue weighted by Gasteiger charge is 2.23. The van der Waals surface area contributed by atoms with Gasteiger partial charge in [-0.3, -0.25) is 4.79 Å². The van der Waals surface area contributed by atoms with E-state index in [4.69, 9.17) is 10.5 Å². The molecule has 0 fully saturated rings. The molecule has 0 saturated heterocycles. The molecular weight excluding hydrogens is 228 g/mol. The SMILES string of the molecule is COc1ccc(CCNCC(C)(C)C(N)=O)cc1. The van der Waals surface area contributed by atoms with Gasteiger partial charge in [0, 0.05) is 6.54 Å². The van der Waals surface area contributed by atoms with Gasteiger partial charge in [0.05, 0.1) is 12.5 Å². The summed E-state index contributed by atoms with van der Waals surface area (Å²) in [4.78, 5) is 11.1. The van der Waals surface area contributed by atoms with Crippen molar-refractivity contribution in [2.45, 2.75) is 20.3 Å². The molecule has 0 aromatic heterocycles. The molecule has 0 unspecified atom stereocenters. The maximum absolute atomic E-state index is 11.1. The molecule has 18 heavy (non-hydrogen) atoms. The van der Waals surface area contributed by atoms with Crippen molar-refractivity contribution in [2.24, 2.45) is 11.1 Å². The highest BCUT2D eigenvalue weighted by Crippen LogP contribution is 2.13. The Hall–Kier alpha value is -1.55. The number of nitrogens with two attached hydrogens (primary N) is 1. The number of ether oxygens (including phenoxy) is 1. The van der Waals surface area contributed by atoms with Crippen LogP contribution in [0.5, 0.6) is 5.75 Å². The molecule has 1 aromatic rings. The lowest BCUT2D eigenvalue weighted by Crippen LogP contribution is -2.40. The van der Waals surface area contributed by atoms with Crippen LogP contribution in [-0.2, 0) is 11.2 Å². The van der Waals surface area contributed by atoms with Gasteiger partial charge in [-0.05, 0) is 44.5 Å². The largest absolute Gasteiger partial charge is 0.497 e. The van der Waals surface area contributed by atoms with Gasteiger partial charge in [0.2, 0.25) is 5.91 Å². The summed E-state index contributed by atoms with van der Waals surface area (Å²) in [6.07, 6.45) is 0.916. The number of rotatable bonds is 7. The van der Waals surface area contributed by atoms with Crippen molar-refractivity contribution in [3.63, 3.8) is 0 Å². The second kappa shape index (κ2) is 6.40. The summed E-state index contributed by atoms with van der Waals surface area (Å²) in [5, 5.41) is 3.25. The van der Waals surface area contributed by atoms with Crippen LogP contribution in [0.3, 0.4) is 0 Å². The molecule has 4 nitrogen and oxygen atoms in total. The topological polar surface area (TPSA) is 64.3 Å². The second-order valence-electron chi connectivity index (χ2n) is 5.02. The summed E-state index contributed by atoms with van der Waals surface area (Å²) in [6, 6.07) is 7.98. The molecule has 4 heteroatoms. The molecule has 0 bridgehead atoms. The fraction of sp³-hybridized carbons (Fsp3) is 0.500. The van der Waals surface area contributed by atoms with E-state index in [1.807, 2.05) is 38.1 Å². The molecule has 1 aromatic carbocycles. The second-order valence-corrected chi connectivity index (χ2v) is 5.02. The van der Waals surface area contributed by atoms with Gasteiger partial charge in [-0.15, -0.1) is 0 Å². The average Bonchev–Trinajstić information content (AvgIpc) is 2.35. The van der Waals surface area contributed by atoms with E-state index in [-0.39, 0.29) is 5.91 Å². The third kappa shape index (κ3) is 4.37. The monoisotopic (exact) mass is 250 g/mol. The smallest absolute Gasteiger partial charge is 0.224 e. The lowest BCUT2D eigenvalue weighted by atomic mass is 9.93. The van der Waals surface area contributed by atoms with E-state index in [1.165, 1.54) is 5.56 Å². The lowest BCUT2D eigenvalue weighted by Gasteiger charge is -2.20. The number of carbonyl (C=O) groups excluding carboxylic acids is 1. The summed E-state index contributed by atoms with van der Waals surface area (Å²) in [5.41, 5.74) is 6.04. The van der Waals surface area contributed by atoms with Crippen LogP contribution in [0.2, 0.25) is 0 Å². The highest BCUT2D eigenvalue weighted by molar-refractivity contribution is 5.80. The first kappa shape index (κ1) is 14.5. The van der Waals surface area contributed by atoms with Gasteiger partial charge in [-0.1, -0.05) is 12.1 Å². The van der Waals surface area contributed by atoms with Crippen molar-refractivity contribution in [1.29, 1.82) is 0 Å².